The van der Waals surface area contributed by atoms with Crippen molar-refractivity contribution in [3.05, 3.63) is 59.2 Å². The zero-order valence-corrected chi connectivity index (χ0v) is 13.9. The molecule has 0 unspecified atom stereocenters. The van der Waals surface area contributed by atoms with E-state index in [0.29, 0.717) is 5.69 Å². The highest BCUT2D eigenvalue weighted by atomic mass is 32.1. The quantitative estimate of drug-likeness (QED) is 0.517. The van der Waals surface area contributed by atoms with Gasteiger partial charge in [0.15, 0.2) is 5.11 Å². The predicted octanol–water partition coefficient (Wildman–Crippen LogP) is 2.30. The number of thiocarbonyl (C=S) groups is 1. The van der Waals surface area contributed by atoms with Gasteiger partial charge in [-0.15, -0.1) is 0 Å². The Bertz CT molecular complexity index is 901. The molecule has 0 atom stereocenters. The average molecular weight is 343 g/mol. The van der Waals surface area contributed by atoms with Crippen molar-refractivity contribution in [3.63, 3.8) is 0 Å². The molecule has 1 aromatic heterocycles. The van der Waals surface area contributed by atoms with Gasteiger partial charge in [-0.25, -0.2) is 9.29 Å². The van der Waals surface area contributed by atoms with Crippen LogP contribution in [0.2, 0.25) is 0 Å². The minimum atomic E-state index is -0.660. The fourth-order valence-electron chi connectivity index (χ4n) is 2.44. The molecule has 7 heteroatoms. The summed E-state index contributed by atoms with van der Waals surface area (Å²) in [6.07, 6.45) is 1.47. The lowest BCUT2D eigenvalue weighted by Crippen LogP contribution is -2.54. The normalized spacial score (nSPS) is 16.7. The van der Waals surface area contributed by atoms with Crippen LogP contribution in [-0.2, 0) is 16.6 Å². The first-order valence-electron chi connectivity index (χ1n) is 7.18. The minimum Gasteiger partial charge on any atom is -0.348 e. The first-order valence-corrected chi connectivity index (χ1v) is 7.59. The summed E-state index contributed by atoms with van der Waals surface area (Å²) in [5, 5.41) is 2.29. The molecule has 2 heterocycles. The number of aryl methyl sites for hydroxylation is 1. The topological polar surface area (TPSA) is 54.3 Å². The highest BCUT2D eigenvalue weighted by Crippen LogP contribution is 2.24. The fourth-order valence-corrected chi connectivity index (χ4v) is 2.71. The monoisotopic (exact) mass is 343 g/mol. The van der Waals surface area contributed by atoms with Gasteiger partial charge in [-0.3, -0.25) is 14.9 Å². The van der Waals surface area contributed by atoms with Gasteiger partial charge in [0.25, 0.3) is 11.8 Å². The lowest BCUT2D eigenvalue weighted by Gasteiger charge is -2.29. The zero-order chi connectivity index (χ0) is 17.4. The lowest BCUT2D eigenvalue weighted by molar-refractivity contribution is -0.122. The van der Waals surface area contributed by atoms with E-state index < -0.39 is 17.6 Å². The van der Waals surface area contributed by atoms with Gasteiger partial charge < -0.3 is 4.57 Å². The summed E-state index contributed by atoms with van der Waals surface area (Å²) < 4.78 is 15.9. The van der Waals surface area contributed by atoms with E-state index in [9.17, 15) is 14.0 Å². The number of aromatic nitrogens is 1. The highest BCUT2D eigenvalue weighted by molar-refractivity contribution is 7.80. The average Bonchev–Trinajstić information content (AvgIpc) is 2.85. The summed E-state index contributed by atoms with van der Waals surface area (Å²) in [7, 11) is 1.83. The zero-order valence-electron chi connectivity index (χ0n) is 13.0. The van der Waals surface area contributed by atoms with Crippen LogP contribution >= 0.6 is 12.2 Å². The maximum absolute atomic E-state index is 14.0. The molecule has 0 spiro atoms. The second-order valence-corrected chi connectivity index (χ2v) is 5.75. The van der Waals surface area contributed by atoms with E-state index in [2.05, 4.69) is 5.32 Å². The van der Waals surface area contributed by atoms with Gasteiger partial charge in [0.1, 0.15) is 11.4 Å². The van der Waals surface area contributed by atoms with E-state index in [0.717, 1.165) is 10.6 Å². The fraction of sp³-hybridized carbons (Fsp3) is 0.118. The number of para-hydroxylation sites is 1. The minimum absolute atomic E-state index is 0.00135. The number of hydrogen-bond acceptors (Lipinski definition) is 3. The molecule has 1 aliphatic rings. The van der Waals surface area contributed by atoms with Crippen molar-refractivity contribution in [2.24, 2.45) is 7.05 Å². The standard InChI is InChI=1S/C17H14FN3O2S/c1-10-7-8-11(20(10)2)9-12-15(22)19-17(24)21(16(12)23)14-6-4-3-5-13(14)18/h3-9H,1-2H3,(H,19,22,24)/b12-9+. The SMILES string of the molecule is Cc1ccc(/C=C2\C(=O)NC(=S)N(c3ccccc3F)C2=O)n1C. The number of nitrogens with zero attached hydrogens (tertiary/aromatic N) is 2. The summed E-state index contributed by atoms with van der Waals surface area (Å²) in [6.45, 7) is 1.91. The van der Waals surface area contributed by atoms with Crippen LogP contribution in [-0.4, -0.2) is 21.5 Å². The second-order valence-electron chi connectivity index (χ2n) is 5.37. The third-order valence-corrected chi connectivity index (χ3v) is 4.18. The second kappa shape index (κ2) is 6.01. The molecule has 0 aliphatic carbocycles. The van der Waals surface area contributed by atoms with Crippen LogP contribution in [0.15, 0.2) is 42.0 Å². The van der Waals surface area contributed by atoms with E-state index in [-0.39, 0.29) is 16.4 Å². The van der Waals surface area contributed by atoms with Gasteiger partial charge >= 0.3 is 0 Å². The van der Waals surface area contributed by atoms with E-state index in [4.69, 9.17) is 12.2 Å². The molecule has 0 saturated carbocycles. The molecule has 1 aromatic carbocycles. The number of carbonyl (C=O) groups is 2. The first kappa shape index (κ1) is 16.1. The molecule has 1 N–H and O–H groups in total. The van der Waals surface area contributed by atoms with Crippen molar-refractivity contribution in [1.29, 1.82) is 0 Å². The predicted molar refractivity (Wildman–Crippen MR) is 92.8 cm³/mol. The Labute approximate surface area is 143 Å². The Kier molecular flexibility index (Phi) is 4.02. The van der Waals surface area contributed by atoms with Crippen LogP contribution in [0.3, 0.4) is 0 Å². The van der Waals surface area contributed by atoms with Gasteiger partial charge in [0.2, 0.25) is 0 Å². The molecule has 1 aliphatic heterocycles. The Morgan fingerprint density at radius 2 is 1.88 bits per heavy atom. The van der Waals surface area contributed by atoms with Crippen molar-refractivity contribution < 1.29 is 14.0 Å². The molecule has 1 saturated heterocycles. The molecule has 2 amide bonds. The third-order valence-electron chi connectivity index (χ3n) is 3.90. The molecule has 24 heavy (non-hydrogen) atoms. The van der Waals surface area contributed by atoms with Crippen molar-refractivity contribution >= 4 is 40.9 Å². The van der Waals surface area contributed by atoms with Crippen LogP contribution < -0.4 is 10.2 Å². The number of carbonyl (C=O) groups excluding carboxylic acids is 2. The highest BCUT2D eigenvalue weighted by Gasteiger charge is 2.35. The lowest BCUT2D eigenvalue weighted by atomic mass is 10.1. The molecular formula is C17H14FN3O2S. The Morgan fingerprint density at radius 3 is 2.50 bits per heavy atom. The van der Waals surface area contributed by atoms with Gasteiger partial charge in [-0.2, -0.15) is 0 Å². The number of rotatable bonds is 2. The first-order chi connectivity index (χ1) is 11.4. The van der Waals surface area contributed by atoms with E-state index in [1.54, 1.807) is 12.1 Å². The smallest absolute Gasteiger partial charge is 0.270 e. The number of amides is 2. The van der Waals surface area contributed by atoms with Gasteiger partial charge in [0, 0.05) is 18.4 Å². The molecule has 0 bridgehead atoms. The van der Waals surface area contributed by atoms with Crippen LogP contribution in [0, 0.1) is 12.7 Å². The van der Waals surface area contributed by atoms with Gasteiger partial charge in [-0.05, 0) is 49.5 Å². The third kappa shape index (κ3) is 2.63. The van der Waals surface area contributed by atoms with E-state index in [1.807, 2.05) is 24.6 Å². The molecule has 2 aromatic rings. The molecule has 3 rings (SSSR count). The van der Waals surface area contributed by atoms with Crippen molar-refractivity contribution in [3.8, 4) is 0 Å². The van der Waals surface area contributed by atoms with Crippen LogP contribution in [0.1, 0.15) is 11.4 Å². The molecular weight excluding hydrogens is 329 g/mol. The Hall–Kier alpha value is -2.80. The Morgan fingerprint density at radius 1 is 1.17 bits per heavy atom. The maximum Gasteiger partial charge on any atom is 0.270 e. The van der Waals surface area contributed by atoms with Gasteiger partial charge in [-0.1, -0.05) is 12.1 Å². The molecule has 0 radical (unpaired) electrons. The molecule has 1 fully saturated rings. The maximum atomic E-state index is 14.0. The number of halogens is 1. The number of anilines is 1. The summed E-state index contributed by atoms with van der Waals surface area (Å²) in [5.74, 6) is -1.86. The largest absolute Gasteiger partial charge is 0.348 e. The number of nitrogens with one attached hydrogen (secondary N) is 1. The Balaban J connectivity index is 2.07. The molecule has 122 valence electrons. The number of benzene rings is 1. The van der Waals surface area contributed by atoms with E-state index >= 15 is 0 Å². The number of hydrogen-bond donors (Lipinski definition) is 1. The van der Waals surface area contributed by atoms with Crippen LogP contribution in [0.25, 0.3) is 6.08 Å². The van der Waals surface area contributed by atoms with Crippen molar-refractivity contribution in [2.45, 2.75) is 6.92 Å². The summed E-state index contributed by atoms with van der Waals surface area (Å²) >= 11 is 5.04. The van der Waals surface area contributed by atoms with E-state index in [1.165, 1.54) is 24.3 Å². The van der Waals surface area contributed by atoms with Gasteiger partial charge in [0.05, 0.1) is 5.69 Å². The van der Waals surface area contributed by atoms with Crippen LogP contribution in [0.5, 0.6) is 0 Å². The van der Waals surface area contributed by atoms with Crippen molar-refractivity contribution in [2.75, 3.05) is 4.90 Å². The van der Waals surface area contributed by atoms with Crippen LogP contribution in [0.4, 0.5) is 10.1 Å². The summed E-state index contributed by atoms with van der Waals surface area (Å²) in [6, 6.07) is 9.43. The molecule has 5 nitrogen and oxygen atoms in total. The summed E-state index contributed by atoms with van der Waals surface area (Å²) in [5.41, 5.74) is 1.56. The summed E-state index contributed by atoms with van der Waals surface area (Å²) in [4.78, 5) is 25.9. The van der Waals surface area contributed by atoms with Crippen molar-refractivity contribution in [1.82, 2.24) is 9.88 Å².